The van der Waals surface area contributed by atoms with E-state index in [2.05, 4.69) is 20.2 Å². The van der Waals surface area contributed by atoms with Crippen molar-refractivity contribution in [3.05, 3.63) is 78.3 Å². The SMILES string of the molecule is CN=C(/C=C\N)C1(O)CN(C(=O)c2coc(Cc3ccc(-c4ccccc4)nn3)n2)C1. The van der Waals surface area contributed by atoms with Crippen LogP contribution in [0.25, 0.3) is 11.3 Å². The Kier molecular flexibility index (Phi) is 5.59. The molecule has 1 aliphatic heterocycles. The van der Waals surface area contributed by atoms with E-state index in [4.69, 9.17) is 10.2 Å². The zero-order chi connectivity index (χ0) is 21.8. The highest BCUT2D eigenvalue weighted by Crippen LogP contribution is 2.25. The summed E-state index contributed by atoms with van der Waals surface area (Å²) in [5.74, 6) is 0.0418. The third kappa shape index (κ3) is 4.22. The van der Waals surface area contributed by atoms with E-state index in [1.807, 2.05) is 42.5 Å². The fraction of sp³-hybridized carbons (Fsp3) is 0.227. The number of amides is 1. The first-order valence-corrected chi connectivity index (χ1v) is 9.72. The van der Waals surface area contributed by atoms with Gasteiger partial charge in [-0.05, 0) is 24.4 Å². The van der Waals surface area contributed by atoms with Crippen LogP contribution in [-0.2, 0) is 6.42 Å². The first kappa shape index (κ1) is 20.4. The standard InChI is InChI=1S/C22H22N6O3/c1-24-19(9-10-23)22(30)13-28(14-22)21(29)18-12-31-20(25-18)11-16-7-8-17(27-26-16)15-5-3-2-4-6-15/h2-10,12,30H,11,13-14,23H2,1H3/b10-9-,24-19?. The van der Waals surface area contributed by atoms with Gasteiger partial charge < -0.3 is 20.2 Å². The van der Waals surface area contributed by atoms with Gasteiger partial charge in [0.25, 0.3) is 5.91 Å². The van der Waals surface area contributed by atoms with Crippen molar-refractivity contribution in [3.63, 3.8) is 0 Å². The largest absolute Gasteiger partial charge is 0.448 e. The average molecular weight is 418 g/mol. The van der Waals surface area contributed by atoms with Crippen LogP contribution in [0.15, 0.2) is 70.4 Å². The Morgan fingerprint density at radius 3 is 2.68 bits per heavy atom. The van der Waals surface area contributed by atoms with Crippen LogP contribution in [0.3, 0.4) is 0 Å². The lowest BCUT2D eigenvalue weighted by atomic mass is 9.88. The normalized spacial score (nSPS) is 15.8. The van der Waals surface area contributed by atoms with Gasteiger partial charge in [-0.25, -0.2) is 4.98 Å². The molecular formula is C22H22N6O3. The number of benzene rings is 1. The minimum atomic E-state index is -1.21. The summed E-state index contributed by atoms with van der Waals surface area (Å²) in [6.07, 6.45) is 4.47. The zero-order valence-corrected chi connectivity index (χ0v) is 17.0. The molecule has 1 aliphatic rings. The van der Waals surface area contributed by atoms with Gasteiger partial charge in [-0.1, -0.05) is 30.3 Å². The number of likely N-dealkylation sites (tertiary alicyclic amines) is 1. The van der Waals surface area contributed by atoms with E-state index in [0.717, 1.165) is 11.3 Å². The van der Waals surface area contributed by atoms with Gasteiger partial charge in [0.1, 0.15) is 11.9 Å². The maximum atomic E-state index is 12.6. The van der Waals surface area contributed by atoms with Gasteiger partial charge in [0.2, 0.25) is 5.89 Å². The summed E-state index contributed by atoms with van der Waals surface area (Å²) in [5.41, 5.74) is 7.22. The molecular weight excluding hydrogens is 396 g/mol. The fourth-order valence-corrected chi connectivity index (χ4v) is 3.44. The number of β-amino-alcohol motifs (C(OH)–C–C–N with tert-alkyl or cyclic N) is 1. The number of carbonyl (C=O) groups excluding carboxylic acids is 1. The third-order valence-electron chi connectivity index (χ3n) is 5.06. The maximum Gasteiger partial charge on any atom is 0.276 e. The van der Waals surface area contributed by atoms with Crippen molar-refractivity contribution in [3.8, 4) is 11.3 Å². The molecule has 0 spiro atoms. The molecule has 0 aliphatic carbocycles. The molecule has 1 amide bonds. The van der Waals surface area contributed by atoms with Crippen LogP contribution < -0.4 is 5.73 Å². The van der Waals surface area contributed by atoms with Crippen LogP contribution in [0.1, 0.15) is 22.1 Å². The monoisotopic (exact) mass is 418 g/mol. The minimum Gasteiger partial charge on any atom is -0.448 e. The number of oxazole rings is 1. The lowest BCUT2D eigenvalue weighted by Crippen LogP contribution is -2.67. The van der Waals surface area contributed by atoms with E-state index >= 15 is 0 Å². The first-order chi connectivity index (χ1) is 15.0. The fourth-order valence-electron chi connectivity index (χ4n) is 3.44. The van der Waals surface area contributed by atoms with E-state index in [9.17, 15) is 9.90 Å². The number of aromatic nitrogens is 3. The maximum absolute atomic E-state index is 12.6. The highest BCUT2D eigenvalue weighted by molar-refractivity contribution is 6.04. The highest BCUT2D eigenvalue weighted by Gasteiger charge is 2.47. The number of nitrogens with two attached hydrogens (primary N) is 1. The van der Waals surface area contributed by atoms with Crippen molar-refractivity contribution < 1.29 is 14.3 Å². The molecule has 0 bridgehead atoms. The molecule has 9 heteroatoms. The van der Waals surface area contributed by atoms with Gasteiger partial charge >= 0.3 is 0 Å². The van der Waals surface area contributed by atoms with E-state index < -0.39 is 5.60 Å². The topological polar surface area (TPSA) is 131 Å². The Hall–Kier alpha value is -3.85. The van der Waals surface area contributed by atoms with Crippen molar-refractivity contribution in [2.24, 2.45) is 10.7 Å². The van der Waals surface area contributed by atoms with Gasteiger partial charge in [0.05, 0.1) is 36.6 Å². The van der Waals surface area contributed by atoms with Crippen molar-refractivity contribution >= 4 is 11.6 Å². The summed E-state index contributed by atoms with van der Waals surface area (Å²) >= 11 is 0. The second-order valence-corrected chi connectivity index (χ2v) is 7.24. The third-order valence-corrected chi connectivity index (χ3v) is 5.06. The summed E-state index contributed by atoms with van der Waals surface area (Å²) in [5, 5.41) is 19.1. The Labute approximate surface area is 179 Å². The molecule has 31 heavy (non-hydrogen) atoms. The molecule has 0 saturated carbocycles. The van der Waals surface area contributed by atoms with Crippen molar-refractivity contribution in [1.82, 2.24) is 20.1 Å². The predicted octanol–water partition coefficient (Wildman–Crippen LogP) is 1.45. The van der Waals surface area contributed by atoms with Crippen LogP contribution >= 0.6 is 0 Å². The number of carbonyl (C=O) groups is 1. The van der Waals surface area contributed by atoms with E-state index in [1.165, 1.54) is 23.4 Å². The van der Waals surface area contributed by atoms with Crippen LogP contribution in [0, 0.1) is 0 Å². The van der Waals surface area contributed by atoms with Gasteiger partial charge in [-0.2, -0.15) is 10.2 Å². The van der Waals surface area contributed by atoms with E-state index in [0.29, 0.717) is 23.7 Å². The molecule has 1 fully saturated rings. The second kappa shape index (κ2) is 8.49. The Morgan fingerprint density at radius 2 is 2.03 bits per heavy atom. The molecule has 3 heterocycles. The molecule has 158 valence electrons. The Balaban J connectivity index is 1.38. The van der Waals surface area contributed by atoms with Crippen LogP contribution in [0.4, 0.5) is 0 Å². The summed E-state index contributed by atoms with van der Waals surface area (Å²) in [6, 6.07) is 13.5. The molecule has 0 atom stereocenters. The Morgan fingerprint density at radius 1 is 1.26 bits per heavy atom. The van der Waals surface area contributed by atoms with E-state index in [-0.39, 0.29) is 24.7 Å². The van der Waals surface area contributed by atoms with Crippen LogP contribution in [-0.4, -0.2) is 62.5 Å². The zero-order valence-electron chi connectivity index (χ0n) is 17.0. The summed E-state index contributed by atoms with van der Waals surface area (Å²) in [7, 11) is 1.57. The number of rotatable bonds is 6. The van der Waals surface area contributed by atoms with Crippen molar-refractivity contribution in [2.75, 3.05) is 20.1 Å². The number of aliphatic imine (C=N–C) groups is 1. The van der Waals surface area contributed by atoms with Gasteiger partial charge in [0, 0.05) is 12.6 Å². The lowest BCUT2D eigenvalue weighted by molar-refractivity contribution is -0.0314. The predicted molar refractivity (Wildman–Crippen MR) is 114 cm³/mol. The number of aliphatic hydroxyl groups is 1. The van der Waals surface area contributed by atoms with Crippen LogP contribution in [0.2, 0.25) is 0 Å². The molecule has 0 unspecified atom stereocenters. The molecule has 1 saturated heterocycles. The number of hydrogen-bond donors (Lipinski definition) is 2. The van der Waals surface area contributed by atoms with Crippen LogP contribution in [0.5, 0.6) is 0 Å². The molecule has 4 rings (SSSR count). The quantitative estimate of drug-likeness (QED) is 0.579. The lowest BCUT2D eigenvalue weighted by Gasteiger charge is -2.46. The van der Waals surface area contributed by atoms with Crippen molar-refractivity contribution in [1.29, 1.82) is 0 Å². The summed E-state index contributed by atoms with van der Waals surface area (Å²) in [6.45, 7) is 0.217. The molecule has 3 aromatic rings. The van der Waals surface area contributed by atoms with E-state index in [1.54, 1.807) is 7.05 Å². The average Bonchev–Trinajstić information content (AvgIpc) is 3.24. The smallest absolute Gasteiger partial charge is 0.276 e. The number of nitrogens with zero attached hydrogens (tertiary/aromatic N) is 5. The van der Waals surface area contributed by atoms with Gasteiger partial charge in [0.15, 0.2) is 5.69 Å². The summed E-state index contributed by atoms with van der Waals surface area (Å²) in [4.78, 5) is 22.4. The van der Waals surface area contributed by atoms with Gasteiger partial charge in [-0.15, -0.1) is 0 Å². The molecule has 0 radical (unpaired) electrons. The first-order valence-electron chi connectivity index (χ1n) is 9.72. The summed E-state index contributed by atoms with van der Waals surface area (Å²) < 4.78 is 5.44. The molecule has 2 aromatic heterocycles. The van der Waals surface area contributed by atoms with Gasteiger partial charge in [-0.3, -0.25) is 9.79 Å². The molecule has 9 nitrogen and oxygen atoms in total. The molecule has 1 aromatic carbocycles. The second-order valence-electron chi connectivity index (χ2n) is 7.24. The molecule has 3 N–H and O–H groups in total. The highest BCUT2D eigenvalue weighted by atomic mass is 16.3. The Bertz CT molecular complexity index is 1120. The number of hydrogen-bond acceptors (Lipinski definition) is 8. The minimum absolute atomic E-state index is 0.109. The van der Waals surface area contributed by atoms with Crippen molar-refractivity contribution in [2.45, 2.75) is 12.0 Å².